The lowest BCUT2D eigenvalue weighted by Crippen LogP contribution is -2.23. The molecule has 0 bridgehead atoms. The van der Waals surface area contributed by atoms with E-state index in [1.165, 1.54) is 0 Å². The molecule has 3 rings (SSSR count). The minimum atomic E-state index is -0.409. The molecule has 2 N–H and O–H groups in total. The van der Waals surface area contributed by atoms with Crippen LogP contribution < -0.4 is 5.32 Å². The Hall–Kier alpha value is -3.65. The lowest BCUT2D eigenvalue weighted by atomic mass is 10.1. The van der Waals surface area contributed by atoms with Crippen LogP contribution in [-0.2, 0) is 11.3 Å². The molecule has 5 nitrogen and oxygen atoms in total. The second-order valence-corrected chi connectivity index (χ2v) is 5.90. The lowest BCUT2D eigenvalue weighted by molar-refractivity contribution is -0.117. The summed E-state index contributed by atoms with van der Waals surface area (Å²) in [6, 6.07) is 19.5. The van der Waals surface area contributed by atoms with Gasteiger partial charge in [0, 0.05) is 17.7 Å². The van der Waals surface area contributed by atoms with Gasteiger partial charge in [-0.15, -0.1) is 0 Å². The predicted molar refractivity (Wildman–Crippen MR) is 101 cm³/mol. The summed E-state index contributed by atoms with van der Waals surface area (Å²) < 4.78 is 0. The second kappa shape index (κ2) is 7.95. The van der Waals surface area contributed by atoms with Gasteiger partial charge in [0.05, 0.1) is 11.9 Å². The monoisotopic (exact) mass is 342 g/mol. The van der Waals surface area contributed by atoms with Crippen LogP contribution in [-0.4, -0.2) is 16.1 Å². The number of carbonyl (C=O) groups excluding carboxylic acids is 1. The molecule has 0 radical (unpaired) electrons. The quantitative estimate of drug-likeness (QED) is 0.549. The molecule has 0 fully saturated rings. The standard InChI is InChI=1S/C21H18N4O/c1-15-7-9-16(10-8-15)13-23-21(26)18(12-22)11-19-14-24-25-20(19)17-5-3-2-4-6-17/h2-11,14H,13H2,1H3,(H,23,26)(H,24,25)/b18-11-. The van der Waals surface area contributed by atoms with Crippen LogP contribution >= 0.6 is 0 Å². The molecule has 0 aliphatic heterocycles. The van der Waals surface area contributed by atoms with Gasteiger partial charge in [-0.25, -0.2) is 0 Å². The third-order valence-electron chi connectivity index (χ3n) is 3.97. The highest BCUT2D eigenvalue weighted by atomic mass is 16.1. The fraction of sp³-hybridized carbons (Fsp3) is 0.0952. The van der Waals surface area contributed by atoms with E-state index in [9.17, 15) is 10.1 Å². The molecular formula is C21H18N4O. The second-order valence-electron chi connectivity index (χ2n) is 5.90. The number of hydrogen-bond acceptors (Lipinski definition) is 3. The number of amides is 1. The van der Waals surface area contributed by atoms with E-state index in [-0.39, 0.29) is 5.57 Å². The number of nitrogens with one attached hydrogen (secondary N) is 2. The van der Waals surface area contributed by atoms with Gasteiger partial charge in [-0.2, -0.15) is 10.4 Å². The average Bonchev–Trinajstić information content (AvgIpc) is 3.14. The van der Waals surface area contributed by atoms with Crippen molar-refractivity contribution in [3.05, 3.63) is 83.1 Å². The Labute approximate surface area is 152 Å². The molecule has 0 spiro atoms. The fourth-order valence-electron chi connectivity index (χ4n) is 2.53. The Morgan fingerprint density at radius 2 is 1.92 bits per heavy atom. The zero-order chi connectivity index (χ0) is 18.4. The Kier molecular flexibility index (Phi) is 5.25. The van der Waals surface area contributed by atoms with Crippen LogP contribution in [0.4, 0.5) is 0 Å². The number of benzene rings is 2. The van der Waals surface area contributed by atoms with Crippen LogP contribution in [0.5, 0.6) is 0 Å². The minimum Gasteiger partial charge on any atom is -0.347 e. The maximum Gasteiger partial charge on any atom is 0.262 e. The number of aromatic amines is 1. The van der Waals surface area contributed by atoms with Gasteiger partial charge in [0.15, 0.2) is 0 Å². The Balaban J connectivity index is 1.76. The summed E-state index contributed by atoms with van der Waals surface area (Å²) in [5.74, 6) is -0.409. The van der Waals surface area contributed by atoms with Crippen molar-refractivity contribution in [2.24, 2.45) is 0 Å². The number of nitrogens with zero attached hydrogens (tertiary/aromatic N) is 2. The number of aryl methyl sites for hydroxylation is 1. The van der Waals surface area contributed by atoms with Crippen LogP contribution in [0, 0.1) is 18.3 Å². The predicted octanol–water partition coefficient (Wildman–Crippen LogP) is 3.61. The first-order valence-electron chi connectivity index (χ1n) is 8.21. The molecule has 26 heavy (non-hydrogen) atoms. The number of nitriles is 1. The highest BCUT2D eigenvalue weighted by molar-refractivity contribution is 6.02. The number of aromatic nitrogens is 2. The third kappa shape index (κ3) is 4.05. The van der Waals surface area contributed by atoms with E-state index in [2.05, 4.69) is 15.5 Å². The van der Waals surface area contributed by atoms with Crippen molar-refractivity contribution in [3.8, 4) is 17.3 Å². The van der Waals surface area contributed by atoms with Crippen LogP contribution in [0.25, 0.3) is 17.3 Å². The highest BCUT2D eigenvalue weighted by Crippen LogP contribution is 2.22. The summed E-state index contributed by atoms with van der Waals surface area (Å²) >= 11 is 0. The first-order valence-corrected chi connectivity index (χ1v) is 8.21. The topological polar surface area (TPSA) is 81.6 Å². The highest BCUT2D eigenvalue weighted by Gasteiger charge is 2.12. The van der Waals surface area contributed by atoms with E-state index in [4.69, 9.17) is 0 Å². The summed E-state index contributed by atoms with van der Waals surface area (Å²) in [6.07, 6.45) is 3.16. The zero-order valence-corrected chi connectivity index (χ0v) is 14.4. The van der Waals surface area contributed by atoms with Crippen molar-refractivity contribution in [1.82, 2.24) is 15.5 Å². The summed E-state index contributed by atoms with van der Waals surface area (Å²) in [7, 11) is 0. The summed E-state index contributed by atoms with van der Waals surface area (Å²) in [6.45, 7) is 2.38. The van der Waals surface area contributed by atoms with Gasteiger partial charge in [-0.3, -0.25) is 9.89 Å². The Morgan fingerprint density at radius 3 is 2.62 bits per heavy atom. The maximum atomic E-state index is 12.4. The minimum absolute atomic E-state index is 0.0377. The fourth-order valence-corrected chi connectivity index (χ4v) is 2.53. The molecule has 1 amide bonds. The largest absolute Gasteiger partial charge is 0.347 e. The van der Waals surface area contributed by atoms with Crippen molar-refractivity contribution in [2.75, 3.05) is 0 Å². The zero-order valence-electron chi connectivity index (χ0n) is 14.4. The molecular weight excluding hydrogens is 324 g/mol. The molecule has 3 aromatic rings. The van der Waals surface area contributed by atoms with Crippen LogP contribution in [0.3, 0.4) is 0 Å². The van der Waals surface area contributed by atoms with Crippen LogP contribution in [0.2, 0.25) is 0 Å². The van der Waals surface area contributed by atoms with Gasteiger partial charge >= 0.3 is 0 Å². The van der Waals surface area contributed by atoms with Gasteiger partial charge < -0.3 is 5.32 Å². The van der Waals surface area contributed by atoms with E-state index in [1.807, 2.05) is 67.6 Å². The molecule has 0 unspecified atom stereocenters. The lowest BCUT2D eigenvalue weighted by Gasteiger charge is -2.05. The van der Waals surface area contributed by atoms with E-state index < -0.39 is 5.91 Å². The number of carbonyl (C=O) groups is 1. The molecule has 0 aliphatic rings. The molecule has 128 valence electrons. The maximum absolute atomic E-state index is 12.4. The molecule has 0 saturated carbocycles. The van der Waals surface area contributed by atoms with E-state index in [0.717, 1.165) is 22.4 Å². The smallest absolute Gasteiger partial charge is 0.262 e. The van der Waals surface area contributed by atoms with Gasteiger partial charge in [-0.05, 0) is 18.6 Å². The Bertz CT molecular complexity index is 963. The molecule has 1 heterocycles. The molecule has 0 atom stereocenters. The normalized spacial score (nSPS) is 11.0. The molecule has 5 heteroatoms. The third-order valence-corrected chi connectivity index (χ3v) is 3.97. The first-order chi connectivity index (χ1) is 12.7. The van der Waals surface area contributed by atoms with Crippen molar-refractivity contribution in [2.45, 2.75) is 13.5 Å². The van der Waals surface area contributed by atoms with Crippen molar-refractivity contribution in [3.63, 3.8) is 0 Å². The van der Waals surface area contributed by atoms with Gasteiger partial charge in [0.2, 0.25) is 0 Å². The van der Waals surface area contributed by atoms with Gasteiger partial charge in [-0.1, -0.05) is 60.2 Å². The first kappa shape index (κ1) is 17.2. The number of rotatable bonds is 5. The summed E-state index contributed by atoms with van der Waals surface area (Å²) in [5.41, 5.74) is 4.58. The molecule has 1 aromatic heterocycles. The molecule has 2 aromatic carbocycles. The van der Waals surface area contributed by atoms with Crippen molar-refractivity contribution in [1.29, 1.82) is 5.26 Å². The number of H-pyrrole nitrogens is 1. The summed E-state index contributed by atoms with van der Waals surface area (Å²) in [4.78, 5) is 12.4. The summed E-state index contributed by atoms with van der Waals surface area (Å²) in [5, 5.41) is 19.1. The van der Waals surface area contributed by atoms with Gasteiger partial charge in [0.1, 0.15) is 11.6 Å². The molecule has 0 aliphatic carbocycles. The van der Waals surface area contributed by atoms with E-state index in [0.29, 0.717) is 12.1 Å². The molecule has 0 saturated heterocycles. The van der Waals surface area contributed by atoms with Crippen molar-refractivity contribution < 1.29 is 4.79 Å². The van der Waals surface area contributed by atoms with Crippen molar-refractivity contribution >= 4 is 12.0 Å². The van der Waals surface area contributed by atoms with Crippen LogP contribution in [0.15, 0.2) is 66.4 Å². The van der Waals surface area contributed by atoms with Gasteiger partial charge in [0.25, 0.3) is 5.91 Å². The SMILES string of the molecule is Cc1ccc(CNC(=O)/C(C#N)=C\c2cn[nH]c2-c2ccccc2)cc1. The van der Waals surface area contributed by atoms with E-state index >= 15 is 0 Å². The van der Waals surface area contributed by atoms with Crippen LogP contribution in [0.1, 0.15) is 16.7 Å². The Morgan fingerprint density at radius 1 is 1.19 bits per heavy atom. The van der Waals surface area contributed by atoms with E-state index in [1.54, 1.807) is 12.3 Å². The average molecular weight is 342 g/mol. The number of hydrogen-bond donors (Lipinski definition) is 2.